The fourth-order valence-corrected chi connectivity index (χ4v) is 5.02. The number of rotatable bonds is 1. The number of halogens is 1. The third-order valence-electron chi connectivity index (χ3n) is 6.19. The number of urea groups is 1. The fraction of sp³-hybridized carbons (Fsp3) is 0.286. The van der Waals surface area contributed by atoms with Gasteiger partial charge in [-0.15, -0.1) is 0 Å². The maximum absolute atomic E-state index is 13.1. The number of nitrogens with zero attached hydrogens (tertiary/aromatic N) is 2. The molecule has 2 N–H and O–H groups in total. The van der Waals surface area contributed by atoms with Gasteiger partial charge in [0.05, 0.1) is 6.04 Å². The number of benzene rings is 2. The van der Waals surface area contributed by atoms with Gasteiger partial charge in [0.25, 0.3) is 0 Å². The standard InChI is InChI=1S/C21H19ClN4O3/c22-15-7-4-8-16-14(15)11-21(18(27)23-20(29)24-19(21)28)17-12-25(9-10-26(16)17)13-5-2-1-3-6-13/h1-8,17H,9-12H2,(H2,23,24,27,28,29)/t17-/m1/s1. The van der Waals surface area contributed by atoms with E-state index in [4.69, 9.17) is 11.6 Å². The molecule has 0 aromatic heterocycles. The first-order valence-corrected chi connectivity index (χ1v) is 9.89. The van der Waals surface area contributed by atoms with Crippen LogP contribution in [0.1, 0.15) is 5.56 Å². The molecule has 2 fully saturated rings. The summed E-state index contributed by atoms with van der Waals surface area (Å²) in [5.41, 5.74) is 1.31. The first-order chi connectivity index (χ1) is 14.0. The number of amides is 4. The van der Waals surface area contributed by atoms with Gasteiger partial charge in [-0.25, -0.2) is 4.79 Å². The predicted molar refractivity (Wildman–Crippen MR) is 109 cm³/mol. The van der Waals surface area contributed by atoms with Crippen molar-refractivity contribution in [2.75, 3.05) is 29.4 Å². The quantitative estimate of drug-likeness (QED) is 0.702. The highest BCUT2D eigenvalue weighted by Gasteiger charge is 2.61. The molecule has 3 aliphatic heterocycles. The van der Waals surface area contributed by atoms with Gasteiger partial charge < -0.3 is 9.80 Å². The van der Waals surface area contributed by atoms with Crippen LogP contribution in [0.15, 0.2) is 48.5 Å². The maximum atomic E-state index is 13.1. The average molecular weight is 411 g/mol. The minimum absolute atomic E-state index is 0.150. The number of hydrogen-bond donors (Lipinski definition) is 2. The highest BCUT2D eigenvalue weighted by molar-refractivity contribution is 6.32. The summed E-state index contributed by atoms with van der Waals surface area (Å²) in [5.74, 6) is -1.14. The molecule has 7 nitrogen and oxygen atoms in total. The number of anilines is 2. The van der Waals surface area contributed by atoms with E-state index in [-0.39, 0.29) is 6.42 Å². The molecule has 1 spiro atoms. The Balaban J connectivity index is 1.64. The number of para-hydroxylation sites is 1. The number of piperazine rings is 1. The van der Waals surface area contributed by atoms with Gasteiger partial charge in [-0.2, -0.15) is 0 Å². The first-order valence-electron chi connectivity index (χ1n) is 9.51. The third-order valence-corrected chi connectivity index (χ3v) is 6.55. The molecule has 4 amide bonds. The van der Waals surface area contributed by atoms with E-state index in [0.717, 1.165) is 23.5 Å². The molecule has 1 atom stereocenters. The van der Waals surface area contributed by atoms with Gasteiger partial charge in [0.1, 0.15) is 0 Å². The first kappa shape index (κ1) is 18.0. The van der Waals surface area contributed by atoms with E-state index in [0.29, 0.717) is 18.1 Å². The monoisotopic (exact) mass is 410 g/mol. The molecule has 0 saturated carbocycles. The summed E-state index contributed by atoms with van der Waals surface area (Å²) in [6, 6.07) is 14.3. The molecule has 8 heteroatoms. The molecule has 0 aliphatic carbocycles. The fourth-order valence-electron chi connectivity index (χ4n) is 4.78. The highest BCUT2D eigenvalue weighted by atomic mass is 35.5. The van der Waals surface area contributed by atoms with Gasteiger partial charge in [0, 0.05) is 42.5 Å². The van der Waals surface area contributed by atoms with Gasteiger partial charge in [0.2, 0.25) is 11.8 Å². The Labute approximate surface area is 172 Å². The van der Waals surface area contributed by atoms with Gasteiger partial charge in [-0.3, -0.25) is 20.2 Å². The van der Waals surface area contributed by atoms with Crippen molar-refractivity contribution in [1.29, 1.82) is 0 Å². The minimum atomic E-state index is -1.43. The van der Waals surface area contributed by atoms with Crippen molar-refractivity contribution in [1.82, 2.24) is 10.6 Å². The van der Waals surface area contributed by atoms with Crippen molar-refractivity contribution in [2.45, 2.75) is 12.5 Å². The van der Waals surface area contributed by atoms with Crippen LogP contribution >= 0.6 is 11.6 Å². The van der Waals surface area contributed by atoms with Gasteiger partial charge in [-0.1, -0.05) is 35.9 Å². The summed E-state index contributed by atoms with van der Waals surface area (Å²) >= 11 is 6.46. The summed E-state index contributed by atoms with van der Waals surface area (Å²) in [5, 5.41) is 5.14. The number of nitrogens with one attached hydrogen (secondary N) is 2. The molecule has 148 valence electrons. The van der Waals surface area contributed by atoms with Crippen LogP contribution in [-0.2, 0) is 16.0 Å². The van der Waals surface area contributed by atoms with Crippen molar-refractivity contribution in [3.63, 3.8) is 0 Å². The second-order valence-electron chi connectivity index (χ2n) is 7.61. The summed E-state index contributed by atoms with van der Waals surface area (Å²) in [6.07, 6.45) is 0.150. The van der Waals surface area contributed by atoms with Crippen LogP contribution < -0.4 is 20.4 Å². The average Bonchev–Trinajstić information content (AvgIpc) is 2.72. The zero-order valence-electron chi connectivity index (χ0n) is 15.5. The van der Waals surface area contributed by atoms with E-state index in [2.05, 4.69) is 20.4 Å². The number of barbiturate groups is 1. The van der Waals surface area contributed by atoms with Crippen LogP contribution in [0.3, 0.4) is 0 Å². The van der Waals surface area contributed by atoms with Crippen LogP contribution in [0.25, 0.3) is 0 Å². The number of hydrogen-bond acceptors (Lipinski definition) is 5. The lowest BCUT2D eigenvalue weighted by Gasteiger charge is -2.54. The second kappa shape index (κ2) is 6.49. The highest BCUT2D eigenvalue weighted by Crippen LogP contribution is 2.46. The predicted octanol–water partition coefficient (Wildman–Crippen LogP) is 1.94. The molecule has 0 radical (unpaired) electrons. The lowest BCUT2D eigenvalue weighted by Crippen LogP contribution is -2.74. The summed E-state index contributed by atoms with van der Waals surface area (Å²) in [7, 11) is 0. The SMILES string of the molecule is O=C1NC(=O)C2(Cc3c(Cl)cccc3N3CCN(c4ccccc4)C[C@@H]32)C(=O)N1. The molecule has 29 heavy (non-hydrogen) atoms. The molecular formula is C21H19ClN4O3. The van der Waals surface area contributed by atoms with Crippen molar-refractivity contribution in [2.24, 2.45) is 5.41 Å². The summed E-state index contributed by atoms with van der Waals surface area (Å²) in [4.78, 5) is 42.3. The largest absolute Gasteiger partial charge is 0.368 e. The van der Waals surface area contributed by atoms with Gasteiger partial charge >= 0.3 is 6.03 Å². The Hall–Kier alpha value is -3.06. The Morgan fingerprint density at radius 2 is 1.66 bits per heavy atom. The zero-order chi connectivity index (χ0) is 20.2. The zero-order valence-corrected chi connectivity index (χ0v) is 16.3. The van der Waals surface area contributed by atoms with Crippen LogP contribution in [0, 0.1) is 5.41 Å². The van der Waals surface area contributed by atoms with E-state index >= 15 is 0 Å². The molecule has 2 aromatic rings. The van der Waals surface area contributed by atoms with Crippen LogP contribution in [-0.4, -0.2) is 43.5 Å². The molecule has 3 aliphatic rings. The van der Waals surface area contributed by atoms with Crippen molar-refractivity contribution >= 4 is 40.8 Å². The Bertz CT molecular complexity index is 1010. The molecule has 3 heterocycles. The Kier molecular flexibility index (Phi) is 4.03. The molecule has 2 aromatic carbocycles. The smallest absolute Gasteiger partial charge is 0.328 e. The number of fused-ring (bicyclic) bond motifs is 4. The Morgan fingerprint density at radius 3 is 2.38 bits per heavy atom. The topological polar surface area (TPSA) is 81.8 Å². The van der Waals surface area contributed by atoms with E-state index in [1.807, 2.05) is 42.5 Å². The van der Waals surface area contributed by atoms with Crippen molar-refractivity contribution in [3.05, 3.63) is 59.1 Å². The van der Waals surface area contributed by atoms with Crippen LogP contribution in [0.4, 0.5) is 16.2 Å². The molecule has 0 unspecified atom stereocenters. The minimum Gasteiger partial charge on any atom is -0.368 e. The number of carbonyl (C=O) groups is 3. The van der Waals surface area contributed by atoms with Crippen LogP contribution in [0.5, 0.6) is 0 Å². The normalized spacial score (nSPS) is 22.7. The summed E-state index contributed by atoms with van der Waals surface area (Å²) in [6.45, 7) is 1.85. The van der Waals surface area contributed by atoms with Crippen molar-refractivity contribution in [3.8, 4) is 0 Å². The maximum Gasteiger partial charge on any atom is 0.328 e. The lowest BCUT2D eigenvalue weighted by molar-refractivity contribution is -0.146. The lowest BCUT2D eigenvalue weighted by atomic mass is 9.68. The van der Waals surface area contributed by atoms with Crippen LogP contribution in [0.2, 0.25) is 5.02 Å². The van der Waals surface area contributed by atoms with Gasteiger partial charge in [0.15, 0.2) is 5.41 Å². The second-order valence-corrected chi connectivity index (χ2v) is 8.02. The Morgan fingerprint density at radius 1 is 0.931 bits per heavy atom. The molecule has 2 saturated heterocycles. The van der Waals surface area contributed by atoms with Crippen molar-refractivity contribution < 1.29 is 14.4 Å². The third kappa shape index (κ3) is 2.61. The number of imide groups is 2. The number of carbonyl (C=O) groups excluding carboxylic acids is 3. The molecule has 0 bridgehead atoms. The molecule has 5 rings (SSSR count). The van der Waals surface area contributed by atoms with E-state index < -0.39 is 29.3 Å². The van der Waals surface area contributed by atoms with Gasteiger partial charge in [-0.05, 0) is 29.8 Å². The van der Waals surface area contributed by atoms with E-state index in [1.165, 1.54) is 0 Å². The summed E-state index contributed by atoms with van der Waals surface area (Å²) < 4.78 is 0. The van der Waals surface area contributed by atoms with E-state index in [9.17, 15) is 14.4 Å². The van der Waals surface area contributed by atoms with E-state index in [1.54, 1.807) is 6.07 Å². The molecular weight excluding hydrogens is 392 g/mol.